The Morgan fingerprint density at radius 3 is 2.62 bits per heavy atom. The predicted molar refractivity (Wildman–Crippen MR) is 30.9 cm³/mol. The Labute approximate surface area is 54.5 Å². The van der Waals surface area contributed by atoms with Gasteiger partial charge in [-0.15, -0.1) is 0 Å². The highest BCUT2D eigenvalue weighted by Gasteiger charge is 2.01. The van der Waals surface area contributed by atoms with Crippen LogP contribution in [0, 0.1) is 5.95 Å². The summed E-state index contributed by atoms with van der Waals surface area (Å²) in [5, 5.41) is 0. The lowest BCUT2D eigenvalue weighted by Crippen LogP contribution is -1.87. The molecule has 1 aromatic heterocycles. The van der Waals surface area contributed by atoms with Crippen molar-refractivity contribution in [2.24, 2.45) is 7.05 Å². The SMILES string of the molecule is Cn1cnc(Br)c1F. The standard InChI is InChI=1S/C4H4BrFN2/c1-8-2-7-3(5)4(8)6/h2H,1H3. The van der Waals surface area contributed by atoms with E-state index in [1.54, 1.807) is 7.05 Å². The fourth-order valence-electron chi connectivity index (χ4n) is 0.387. The van der Waals surface area contributed by atoms with Gasteiger partial charge in [0.2, 0.25) is 5.95 Å². The van der Waals surface area contributed by atoms with Crippen LogP contribution in [-0.2, 0) is 7.05 Å². The van der Waals surface area contributed by atoms with E-state index in [9.17, 15) is 4.39 Å². The lowest BCUT2D eigenvalue weighted by atomic mass is 10.9. The molecule has 1 heterocycles. The van der Waals surface area contributed by atoms with Crippen molar-refractivity contribution >= 4 is 15.9 Å². The first-order valence-electron chi connectivity index (χ1n) is 2.04. The molecule has 44 valence electrons. The molecule has 4 heteroatoms. The van der Waals surface area contributed by atoms with E-state index in [4.69, 9.17) is 0 Å². The zero-order valence-electron chi connectivity index (χ0n) is 4.23. The second kappa shape index (κ2) is 1.85. The number of halogens is 2. The number of rotatable bonds is 0. The number of nitrogens with zero attached hydrogens (tertiary/aromatic N) is 2. The van der Waals surface area contributed by atoms with Gasteiger partial charge in [0.25, 0.3) is 0 Å². The van der Waals surface area contributed by atoms with Crippen LogP contribution in [0.3, 0.4) is 0 Å². The highest BCUT2D eigenvalue weighted by Crippen LogP contribution is 2.09. The molecule has 0 aliphatic carbocycles. The van der Waals surface area contributed by atoms with Crippen LogP contribution in [0.2, 0.25) is 0 Å². The van der Waals surface area contributed by atoms with Crippen LogP contribution in [0.25, 0.3) is 0 Å². The minimum atomic E-state index is -0.343. The number of imidazole rings is 1. The summed E-state index contributed by atoms with van der Waals surface area (Å²) in [4.78, 5) is 3.62. The van der Waals surface area contributed by atoms with Crippen LogP contribution in [0.15, 0.2) is 10.9 Å². The first-order chi connectivity index (χ1) is 3.72. The van der Waals surface area contributed by atoms with E-state index < -0.39 is 0 Å². The molecular formula is C4H4BrFN2. The minimum Gasteiger partial charge on any atom is -0.310 e. The number of hydrogen-bond acceptors (Lipinski definition) is 1. The molecule has 0 amide bonds. The van der Waals surface area contributed by atoms with Gasteiger partial charge in [-0.05, 0) is 15.9 Å². The summed E-state index contributed by atoms with van der Waals surface area (Å²) >= 11 is 2.91. The van der Waals surface area contributed by atoms with Crippen molar-refractivity contribution in [3.05, 3.63) is 16.9 Å². The molecule has 0 unspecified atom stereocenters. The van der Waals surface area contributed by atoms with E-state index in [1.807, 2.05) is 0 Å². The monoisotopic (exact) mass is 178 g/mol. The quantitative estimate of drug-likeness (QED) is 0.587. The summed E-state index contributed by atoms with van der Waals surface area (Å²) in [5.74, 6) is -0.343. The van der Waals surface area contributed by atoms with Gasteiger partial charge in [-0.2, -0.15) is 4.39 Å². The zero-order chi connectivity index (χ0) is 6.15. The Morgan fingerprint density at radius 2 is 2.50 bits per heavy atom. The molecule has 8 heavy (non-hydrogen) atoms. The second-order valence-electron chi connectivity index (χ2n) is 1.44. The van der Waals surface area contributed by atoms with Gasteiger partial charge < -0.3 is 4.57 Å². The van der Waals surface area contributed by atoms with Crippen LogP contribution in [0.1, 0.15) is 0 Å². The van der Waals surface area contributed by atoms with Gasteiger partial charge in [0.05, 0.1) is 6.33 Å². The Kier molecular flexibility index (Phi) is 1.33. The Hall–Kier alpha value is -0.380. The summed E-state index contributed by atoms with van der Waals surface area (Å²) in [6, 6.07) is 0. The van der Waals surface area contributed by atoms with Crippen molar-refractivity contribution in [2.75, 3.05) is 0 Å². The third-order valence-electron chi connectivity index (χ3n) is 0.824. The Morgan fingerprint density at radius 1 is 1.88 bits per heavy atom. The molecule has 0 radical (unpaired) electrons. The van der Waals surface area contributed by atoms with Gasteiger partial charge in [-0.1, -0.05) is 0 Å². The van der Waals surface area contributed by atoms with Crippen molar-refractivity contribution in [1.82, 2.24) is 9.55 Å². The zero-order valence-corrected chi connectivity index (χ0v) is 5.81. The molecule has 1 rings (SSSR count). The molecule has 0 aliphatic rings. The van der Waals surface area contributed by atoms with Gasteiger partial charge in [-0.3, -0.25) is 0 Å². The lowest BCUT2D eigenvalue weighted by molar-refractivity contribution is 0.529. The Bertz CT molecular complexity index is 176. The maximum absolute atomic E-state index is 12.3. The molecule has 0 saturated carbocycles. The first kappa shape index (κ1) is 5.75. The average Bonchev–Trinajstić information content (AvgIpc) is 1.98. The third kappa shape index (κ3) is 0.753. The maximum Gasteiger partial charge on any atom is 0.227 e. The molecule has 0 aromatic carbocycles. The minimum absolute atomic E-state index is 0.264. The first-order valence-corrected chi connectivity index (χ1v) is 2.83. The van der Waals surface area contributed by atoms with Gasteiger partial charge in [-0.25, -0.2) is 4.98 Å². The van der Waals surface area contributed by atoms with Gasteiger partial charge in [0.15, 0.2) is 4.60 Å². The van der Waals surface area contributed by atoms with Crippen LogP contribution >= 0.6 is 15.9 Å². The van der Waals surface area contributed by atoms with Gasteiger partial charge >= 0.3 is 0 Å². The van der Waals surface area contributed by atoms with E-state index in [0.717, 1.165) is 0 Å². The summed E-state index contributed by atoms with van der Waals surface area (Å²) in [5.41, 5.74) is 0. The maximum atomic E-state index is 12.3. The molecule has 0 bridgehead atoms. The normalized spacial score (nSPS) is 9.88. The fourth-order valence-corrected chi connectivity index (χ4v) is 0.758. The largest absolute Gasteiger partial charge is 0.310 e. The smallest absolute Gasteiger partial charge is 0.227 e. The molecule has 2 nitrogen and oxygen atoms in total. The summed E-state index contributed by atoms with van der Waals surface area (Å²) in [6.45, 7) is 0. The predicted octanol–water partition coefficient (Wildman–Crippen LogP) is 1.32. The fraction of sp³-hybridized carbons (Fsp3) is 0.250. The summed E-state index contributed by atoms with van der Waals surface area (Å²) in [6.07, 6.45) is 1.40. The van der Waals surface area contributed by atoms with E-state index in [1.165, 1.54) is 10.9 Å². The van der Waals surface area contributed by atoms with Crippen molar-refractivity contribution in [3.8, 4) is 0 Å². The highest BCUT2D eigenvalue weighted by molar-refractivity contribution is 9.10. The van der Waals surface area contributed by atoms with Crippen LogP contribution < -0.4 is 0 Å². The van der Waals surface area contributed by atoms with Crippen molar-refractivity contribution in [3.63, 3.8) is 0 Å². The number of hydrogen-bond donors (Lipinski definition) is 0. The molecule has 0 aliphatic heterocycles. The van der Waals surface area contributed by atoms with Gasteiger partial charge in [0, 0.05) is 7.05 Å². The van der Waals surface area contributed by atoms with Crippen molar-refractivity contribution in [2.45, 2.75) is 0 Å². The van der Waals surface area contributed by atoms with E-state index in [0.29, 0.717) is 0 Å². The number of aryl methyl sites for hydroxylation is 1. The molecule has 0 spiro atoms. The topological polar surface area (TPSA) is 17.8 Å². The van der Waals surface area contributed by atoms with Crippen LogP contribution in [0.4, 0.5) is 4.39 Å². The van der Waals surface area contributed by atoms with E-state index in [2.05, 4.69) is 20.9 Å². The molecule has 1 aromatic rings. The van der Waals surface area contributed by atoms with Gasteiger partial charge in [0.1, 0.15) is 0 Å². The molecule has 0 saturated heterocycles. The lowest BCUT2D eigenvalue weighted by Gasteiger charge is -1.85. The average molecular weight is 179 g/mol. The summed E-state index contributed by atoms with van der Waals surface area (Å²) < 4.78 is 13.9. The van der Waals surface area contributed by atoms with Crippen molar-refractivity contribution < 1.29 is 4.39 Å². The van der Waals surface area contributed by atoms with Crippen molar-refractivity contribution in [1.29, 1.82) is 0 Å². The highest BCUT2D eigenvalue weighted by atomic mass is 79.9. The number of aromatic nitrogens is 2. The Balaban J connectivity index is 3.19. The summed E-state index contributed by atoms with van der Waals surface area (Å²) in [7, 11) is 1.59. The molecule has 0 N–H and O–H groups in total. The second-order valence-corrected chi connectivity index (χ2v) is 2.19. The molecule has 0 atom stereocenters. The third-order valence-corrected chi connectivity index (χ3v) is 1.36. The van der Waals surface area contributed by atoms with Crippen LogP contribution in [-0.4, -0.2) is 9.55 Å². The van der Waals surface area contributed by atoms with E-state index in [-0.39, 0.29) is 10.6 Å². The molecular weight excluding hydrogens is 175 g/mol. The molecule has 0 fully saturated rings. The van der Waals surface area contributed by atoms with E-state index >= 15 is 0 Å². The van der Waals surface area contributed by atoms with Crippen LogP contribution in [0.5, 0.6) is 0 Å².